The van der Waals surface area contributed by atoms with Crippen LogP contribution in [0.2, 0.25) is 0 Å². The first-order valence-electron chi connectivity index (χ1n) is 6.67. The zero-order chi connectivity index (χ0) is 13.0. The van der Waals surface area contributed by atoms with Crippen molar-refractivity contribution in [3.05, 3.63) is 30.0 Å². The molecule has 0 saturated carbocycles. The first kappa shape index (κ1) is 13.0. The number of hydrogen-bond acceptors (Lipinski definition) is 3. The predicted octanol–water partition coefficient (Wildman–Crippen LogP) is 4.02. The standard InChI is InChI=1S/C15H21NO2/c1-3-6-12(16)14-10-11-7-5-8-13(15(11)18-14)17-9-4-2/h5,7-8,10,12H,3-4,6,9,16H2,1-2H3. The van der Waals surface area contributed by atoms with E-state index >= 15 is 0 Å². The van der Waals surface area contributed by atoms with Gasteiger partial charge in [0.05, 0.1) is 12.6 Å². The molecule has 1 atom stereocenters. The van der Waals surface area contributed by atoms with Gasteiger partial charge in [-0.3, -0.25) is 0 Å². The molecule has 0 amide bonds. The van der Waals surface area contributed by atoms with Crippen molar-refractivity contribution in [1.82, 2.24) is 0 Å². The van der Waals surface area contributed by atoms with Crippen LogP contribution in [0.1, 0.15) is 44.9 Å². The highest BCUT2D eigenvalue weighted by Crippen LogP contribution is 2.31. The van der Waals surface area contributed by atoms with Crippen LogP contribution < -0.4 is 10.5 Å². The molecule has 3 nitrogen and oxygen atoms in total. The molecular formula is C15H21NO2. The van der Waals surface area contributed by atoms with E-state index in [0.29, 0.717) is 6.61 Å². The van der Waals surface area contributed by atoms with Crippen molar-refractivity contribution in [2.75, 3.05) is 6.61 Å². The van der Waals surface area contributed by atoms with Gasteiger partial charge in [0.25, 0.3) is 0 Å². The summed E-state index contributed by atoms with van der Waals surface area (Å²) < 4.78 is 11.5. The number of para-hydroxylation sites is 1. The van der Waals surface area contributed by atoms with E-state index in [9.17, 15) is 0 Å². The summed E-state index contributed by atoms with van der Waals surface area (Å²) in [6.07, 6.45) is 2.97. The summed E-state index contributed by atoms with van der Waals surface area (Å²) in [6.45, 7) is 4.92. The number of furan rings is 1. The molecule has 0 fully saturated rings. The Hall–Kier alpha value is -1.48. The highest BCUT2D eigenvalue weighted by Gasteiger charge is 2.13. The number of ether oxygens (including phenoxy) is 1. The minimum atomic E-state index is -0.0265. The molecule has 18 heavy (non-hydrogen) atoms. The van der Waals surface area contributed by atoms with Gasteiger partial charge < -0.3 is 14.9 Å². The number of hydrogen-bond donors (Lipinski definition) is 1. The molecule has 98 valence electrons. The molecule has 2 N–H and O–H groups in total. The summed E-state index contributed by atoms with van der Waals surface area (Å²) in [6, 6.07) is 7.95. The zero-order valence-electron chi connectivity index (χ0n) is 11.1. The second-order valence-corrected chi connectivity index (χ2v) is 4.57. The fourth-order valence-corrected chi connectivity index (χ4v) is 2.02. The molecule has 2 aromatic rings. The normalized spacial score (nSPS) is 12.8. The molecule has 0 spiro atoms. The Bertz CT molecular complexity index is 504. The van der Waals surface area contributed by atoms with Gasteiger partial charge in [-0.15, -0.1) is 0 Å². The average Bonchev–Trinajstić information content (AvgIpc) is 2.81. The summed E-state index contributed by atoms with van der Waals surface area (Å²) in [5.74, 6) is 1.66. The summed E-state index contributed by atoms with van der Waals surface area (Å²) in [4.78, 5) is 0. The van der Waals surface area contributed by atoms with Gasteiger partial charge in [0.2, 0.25) is 0 Å². The highest BCUT2D eigenvalue weighted by molar-refractivity contribution is 5.83. The van der Waals surface area contributed by atoms with Crippen molar-refractivity contribution in [3.63, 3.8) is 0 Å². The van der Waals surface area contributed by atoms with E-state index in [-0.39, 0.29) is 6.04 Å². The summed E-state index contributed by atoms with van der Waals surface area (Å²) in [5, 5.41) is 1.06. The van der Waals surface area contributed by atoms with Crippen LogP contribution in [0.25, 0.3) is 11.0 Å². The van der Waals surface area contributed by atoms with Crippen molar-refractivity contribution in [1.29, 1.82) is 0 Å². The zero-order valence-corrected chi connectivity index (χ0v) is 11.1. The van der Waals surface area contributed by atoms with Gasteiger partial charge in [-0.25, -0.2) is 0 Å². The molecule has 1 aromatic carbocycles. The Balaban J connectivity index is 2.31. The second kappa shape index (κ2) is 5.91. The molecule has 0 saturated heterocycles. The van der Waals surface area contributed by atoms with Gasteiger partial charge in [0.1, 0.15) is 5.76 Å². The lowest BCUT2D eigenvalue weighted by molar-refractivity contribution is 0.315. The molecule has 1 aromatic heterocycles. The van der Waals surface area contributed by atoms with E-state index in [0.717, 1.165) is 41.7 Å². The van der Waals surface area contributed by atoms with Gasteiger partial charge in [-0.1, -0.05) is 32.4 Å². The molecule has 0 aliphatic heterocycles. The largest absolute Gasteiger partial charge is 0.490 e. The first-order valence-corrected chi connectivity index (χ1v) is 6.67. The van der Waals surface area contributed by atoms with E-state index in [1.54, 1.807) is 0 Å². The first-order chi connectivity index (χ1) is 8.76. The maximum atomic E-state index is 6.09. The third-order valence-corrected chi connectivity index (χ3v) is 2.95. The fourth-order valence-electron chi connectivity index (χ4n) is 2.02. The third kappa shape index (κ3) is 2.67. The van der Waals surface area contributed by atoms with Crippen molar-refractivity contribution in [2.24, 2.45) is 5.73 Å². The summed E-state index contributed by atoms with van der Waals surface area (Å²) >= 11 is 0. The predicted molar refractivity (Wildman–Crippen MR) is 73.8 cm³/mol. The molecular weight excluding hydrogens is 226 g/mol. The quantitative estimate of drug-likeness (QED) is 0.838. The van der Waals surface area contributed by atoms with Gasteiger partial charge in [-0.2, -0.15) is 0 Å². The lowest BCUT2D eigenvalue weighted by atomic mass is 10.1. The Kier molecular flexibility index (Phi) is 4.26. The van der Waals surface area contributed by atoms with E-state index in [1.807, 2.05) is 24.3 Å². The van der Waals surface area contributed by atoms with Crippen molar-refractivity contribution < 1.29 is 9.15 Å². The Labute approximate surface area is 108 Å². The number of fused-ring (bicyclic) bond motifs is 1. The summed E-state index contributed by atoms with van der Waals surface area (Å²) in [5.41, 5.74) is 6.90. The van der Waals surface area contributed by atoms with Crippen molar-refractivity contribution >= 4 is 11.0 Å². The van der Waals surface area contributed by atoms with Crippen LogP contribution in [0.15, 0.2) is 28.7 Å². The Morgan fingerprint density at radius 2 is 2.11 bits per heavy atom. The van der Waals surface area contributed by atoms with Crippen LogP contribution in [0.5, 0.6) is 5.75 Å². The molecule has 1 unspecified atom stereocenters. The number of nitrogens with two attached hydrogens (primary N) is 1. The van der Waals surface area contributed by atoms with E-state index < -0.39 is 0 Å². The van der Waals surface area contributed by atoms with Gasteiger partial charge in [-0.05, 0) is 25.0 Å². The smallest absolute Gasteiger partial charge is 0.176 e. The molecule has 2 rings (SSSR count). The van der Waals surface area contributed by atoms with Gasteiger partial charge in [0, 0.05) is 5.39 Å². The van der Waals surface area contributed by atoms with Gasteiger partial charge >= 0.3 is 0 Å². The molecule has 0 radical (unpaired) electrons. The molecule has 0 aliphatic rings. The minimum absolute atomic E-state index is 0.0265. The topological polar surface area (TPSA) is 48.4 Å². The molecule has 0 bridgehead atoms. The lowest BCUT2D eigenvalue weighted by Gasteiger charge is -2.06. The third-order valence-electron chi connectivity index (χ3n) is 2.95. The molecule has 1 heterocycles. The van der Waals surface area contributed by atoms with E-state index in [1.165, 1.54) is 0 Å². The fraction of sp³-hybridized carbons (Fsp3) is 0.467. The van der Waals surface area contributed by atoms with E-state index in [4.69, 9.17) is 14.9 Å². The van der Waals surface area contributed by atoms with Crippen LogP contribution in [-0.4, -0.2) is 6.61 Å². The molecule has 3 heteroatoms. The lowest BCUT2D eigenvalue weighted by Crippen LogP contribution is -2.08. The van der Waals surface area contributed by atoms with Crippen molar-refractivity contribution in [3.8, 4) is 5.75 Å². The van der Waals surface area contributed by atoms with E-state index in [2.05, 4.69) is 13.8 Å². The Morgan fingerprint density at radius 1 is 1.28 bits per heavy atom. The summed E-state index contributed by atoms with van der Waals surface area (Å²) in [7, 11) is 0. The average molecular weight is 247 g/mol. The SMILES string of the molecule is CCCOc1cccc2cc(C(N)CCC)oc12. The monoisotopic (exact) mass is 247 g/mol. The van der Waals surface area contributed by atoms with Crippen LogP contribution in [-0.2, 0) is 0 Å². The second-order valence-electron chi connectivity index (χ2n) is 4.57. The molecule has 0 aliphatic carbocycles. The highest BCUT2D eigenvalue weighted by atomic mass is 16.5. The van der Waals surface area contributed by atoms with Crippen LogP contribution in [0.3, 0.4) is 0 Å². The van der Waals surface area contributed by atoms with Gasteiger partial charge in [0.15, 0.2) is 11.3 Å². The van der Waals surface area contributed by atoms with Crippen LogP contribution in [0.4, 0.5) is 0 Å². The van der Waals surface area contributed by atoms with Crippen LogP contribution >= 0.6 is 0 Å². The number of rotatable bonds is 6. The maximum absolute atomic E-state index is 6.09. The Morgan fingerprint density at radius 3 is 2.83 bits per heavy atom. The van der Waals surface area contributed by atoms with Crippen molar-refractivity contribution in [2.45, 2.75) is 39.2 Å². The minimum Gasteiger partial charge on any atom is -0.490 e. The maximum Gasteiger partial charge on any atom is 0.176 e. The number of benzene rings is 1. The van der Waals surface area contributed by atoms with Crippen LogP contribution in [0, 0.1) is 0 Å².